The smallest absolute Gasteiger partial charge is 0.260 e. The van der Waals surface area contributed by atoms with Crippen molar-refractivity contribution in [1.82, 2.24) is 9.80 Å². The molecular weight excluding hydrogens is 375 g/mol. The molecule has 1 saturated heterocycles. The Morgan fingerprint density at radius 1 is 0.862 bits per heavy atom. The fraction of sp³-hybridized carbons (Fsp3) is 0.364. The number of hydrogen-bond donors (Lipinski definition) is 0. The van der Waals surface area contributed by atoms with Crippen LogP contribution in [-0.4, -0.2) is 61.0 Å². The van der Waals surface area contributed by atoms with Gasteiger partial charge in [-0.25, -0.2) is 4.39 Å². The molecule has 0 N–H and O–H groups in total. The van der Waals surface area contributed by atoms with Crippen molar-refractivity contribution in [3.8, 4) is 11.5 Å². The lowest BCUT2D eigenvalue weighted by molar-refractivity contribution is -0.133. The molecule has 1 fully saturated rings. The van der Waals surface area contributed by atoms with E-state index in [4.69, 9.17) is 9.47 Å². The second kappa shape index (κ2) is 9.91. The highest BCUT2D eigenvalue weighted by atomic mass is 19.1. The summed E-state index contributed by atoms with van der Waals surface area (Å²) >= 11 is 0. The predicted molar refractivity (Wildman–Crippen MR) is 107 cm³/mol. The number of carbonyl (C=O) groups is 2. The molecule has 0 saturated carbocycles. The van der Waals surface area contributed by atoms with Crippen LogP contribution in [0, 0.1) is 5.82 Å². The van der Waals surface area contributed by atoms with Gasteiger partial charge in [-0.2, -0.15) is 0 Å². The van der Waals surface area contributed by atoms with Crippen LogP contribution >= 0.6 is 0 Å². The third-order valence-corrected chi connectivity index (χ3v) is 4.72. The molecule has 154 valence electrons. The van der Waals surface area contributed by atoms with E-state index in [1.807, 2.05) is 6.92 Å². The van der Waals surface area contributed by atoms with E-state index in [9.17, 15) is 14.0 Å². The lowest BCUT2D eigenvalue weighted by atomic mass is 10.2. The van der Waals surface area contributed by atoms with Gasteiger partial charge in [0.15, 0.2) is 6.61 Å². The van der Waals surface area contributed by atoms with E-state index in [2.05, 4.69) is 0 Å². The third kappa shape index (κ3) is 5.70. The van der Waals surface area contributed by atoms with Gasteiger partial charge in [0.25, 0.3) is 11.8 Å². The first kappa shape index (κ1) is 20.6. The van der Waals surface area contributed by atoms with Gasteiger partial charge in [0.2, 0.25) is 0 Å². The van der Waals surface area contributed by atoms with E-state index >= 15 is 0 Å². The monoisotopic (exact) mass is 400 g/mol. The fourth-order valence-electron chi connectivity index (χ4n) is 3.18. The molecule has 1 heterocycles. The Balaban J connectivity index is 1.50. The topological polar surface area (TPSA) is 59.1 Å². The quantitative estimate of drug-likeness (QED) is 0.748. The summed E-state index contributed by atoms with van der Waals surface area (Å²) in [7, 11) is 0. The fourth-order valence-corrected chi connectivity index (χ4v) is 3.18. The molecule has 1 aliphatic heterocycles. The molecule has 2 amide bonds. The van der Waals surface area contributed by atoms with Gasteiger partial charge in [-0.15, -0.1) is 0 Å². The molecule has 0 atom stereocenters. The second-order valence-corrected chi connectivity index (χ2v) is 6.73. The molecule has 0 aromatic heterocycles. The summed E-state index contributed by atoms with van der Waals surface area (Å²) in [6.07, 6.45) is 0.682. The van der Waals surface area contributed by atoms with Crippen molar-refractivity contribution in [2.24, 2.45) is 0 Å². The van der Waals surface area contributed by atoms with Crippen LogP contribution in [-0.2, 0) is 4.79 Å². The van der Waals surface area contributed by atoms with Crippen LogP contribution in [0.4, 0.5) is 4.39 Å². The average molecular weight is 400 g/mol. The van der Waals surface area contributed by atoms with Crippen LogP contribution in [0.1, 0.15) is 23.7 Å². The van der Waals surface area contributed by atoms with Crippen molar-refractivity contribution >= 4 is 11.8 Å². The summed E-state index contributed by atoms with van der Waals surface area (Å²) < 4.78 is 24.0. The van der Waals surface area contributed by atoms with Crippen molar-refractivity contribution in [3.63, 3.8) is 0 Å². The van der Waals surface area contributed by atoms with Gasteiger partial charge in [-0.3, -0.25) is 9.59 Å². The van der Waals surface area contributed by atoms with E-state index in [0.717, 1.165) is 5.75 Å². The van der Waals surface area contributed by atoms with E-state index in [1.54, 1.807) is 34.1 Å². The highest BCUT2D eigenvalue weighted by molar-refractivity contribution is 5.94. The zero-order valence-electron chi connectivity index (χ0n) is 16.5. The van der Waals surface area contributed by atoms with Gasteiger partial charge >= 0.3 is 0 Å². The molecule has 2 aromatic carbocycles. The van der Waals surface area contributed by atoms with Crippen LogP contribution in [0.5, 0.6) is 11.5 Å². The number of amides is 2. The molecule has 2 aromatic rings. The molecule has 1 aliphatic rings. The molecule has 0 aliphatic carbocycles. The van der Waals surface area contributed by atoms with Gasteiger partial charge in [-0.05, 0) is 61.9 Å². The molecule has 0 bridgehead atoms. The minimum atomic E-state index is -0.373. The maximum absolute atomic E-state index is 13.1. The highest BCUT2D eigenvalue weighted by Crippen LogP contribution is 2.18. The Hall–Kier alpha value is -3.09. The Kier molecular flexibility index (Phi) is 7.05. The summed E-state index contributed by atoms with van der Waals surface area (Å²) in [6.45, 7) is 4.45. The number of carbonyl (C=O) groups excluding carboxylic acids is 2. The van der Waals surface area contributed by atoms with E-state index in [1.165, 1.54) is 24.3 Å². The largest absolute Gasteiger partial charge is 0.494 e. The van der Waals surface area contributed by atoms with E-state index < -0.39 is 0 Å². The van der Waals surface area contributed by atoms with Crippen LogP contribution in [0.15, 0.2) is 48.5 Å². The number of nitrogens with zero attached hydrogens (tertiary/aromatic N) is 2. The standard InChI is InChI=1S/C22H25FN2O4/c1-2-28-19-8-10-20(11-9-19)29-16-21(26)24-12-3-13-25(15-14-24)22(27)17-4-6-18(23)7-5-17/h4-11H,2-3,12-16H2,1H3. The molecule has 0 radical (unpaired) electrons. The lowest BCUT2D eigenvalue weighted by Gasteiger charge is -2.22. The van der Waals surface area contributed by atoms with Crippen LogP contribution in [0.2, 0.25) is 0 Å². The minimum absolute atomic E-state index is 0.0557. The SMILES string of the molecule is CCOc1ccc(OCC(=O)N2CCCN(C(=O)c3ccc(F)cc3)CC2)cc1. The van der Waals surface area contributed by atoms with Gasteiger partial charge in [0.05, 0.1) is 6.61 Å². The summed E-state index contributed by atoms with van der Waals surface area (Å²) in [6, 6.07) is 12.7. The van der Waals surface area contributed by atoms with Gasteiger partial charge < -0.3 is 19.3 Å². The Morgan fingerprint density at radius 3 is 2.10 bits per heavy atom. The van der Waals surface area contributed by atoms with Gasteiger partial charge in [0.1, 0.15) is 17.3 Å². The molecule has 29 heavy (non-hydrogen) atoms. The Labute approximate surface area is 169 Å². The van der Waals surface area contributed by atoms with Crippen LogP contribution < -0.4 is 9.47 Å². The van der Waals surface area contributed by atoms with Crippen molar-refractivity contribution in [1.29, 1.82) is 0 Å². The van der Waals surface area contributed by atoms with Crippen LogP contribution in [0.25, 0.3) is 0 Å². The maximum atomic E-state index is 13.1. The molecule has 3 rings (SSSR count). The normalized spacial score (nSPS) is 14.3. The minimum Gasteiger partial charge on any atom is -0.494 e. The van der Waals surface area contributed by atoms with Crippen molar-refractivity contribution in [2.75, 3.05) is 39.4 Å². The summed E-state index contributed by atoms with van der Waals surface area (Å²) in [4.78, 5) is 28.5. The molecule has 6 nitrogen and oxygen atoms in total. The number of benzene rings is 2. The molecular formula is C22H25FN2O4. The first-order valence-corrected chi connectivity index (χ1v) is 9.75. The first-order valence-electron chi connectivity index (χ1n) is 9.75. The zero-order chi connectivity index (χ0) is 20.6. The number of halogens is 1. The highest BCUT2D eigenvalue weighted by Gasteiger charge is 2.23. The average Bonchev–Trinajstić information content (AvgIpc) is 3.00. The van der Waals surface area contributed by atoms with E-state index in [0.29, 0.717) is 50.5 Å². The Morgan fingerprint density at radius 2 is 1.45 bits per heavy atom. The van der Waals surface area contributed by atoms with E-state index in [-0.39, 0.29) is 24.2 Å². The van der Waals surface area contributed by atoms with Crippen molar-refractivity contribution < 1.29 is 23.5 Å². The number of hydrogen-bond acceptors (Lipinski definition) is 4. The first-order chi connectivity index (χ1) is 14.1. The van der Waals surface area contributed by atoms with Gasteiger partial charge in [-0.1, -0.05) is 0 Å². The Bertz CT molecular complexity index is 824. The lowest BCUT2D eigenvalue weighted by Crippen LogP contribution is -2.39. The summed E-state index contributed by atoms with van der Waals surface area (Å²) in [5.74, 6) is 0.718. The third-order valence-electron chi connectivity index (χ3n) is 4.72. The molecule has 0 unspecified atom stereocenters. The zero-order valence-corrected chi connectivity index (χ0v) is 16.5. The number of ether oxygens (including phenoxy) is 2. The number of rotatable bonds is 6. The van der Waals surface area contributed by atoms with Crippen molar-refractivity contribution in [2.45, 2.75) is 13.3 Å². The summed E-state index contributed by atoms with van der Waals surface area (Å²) in [5, 5.41) is 0. The summed E-state index contributed by atoms with van der Waals surface area (Å²) in [5.41, 5.74) is 0.449. The maximum Gasteiger partial charge on any atom is 0.260 e. The van der Waals surface area contributed by atoms with Crippen molar-refractivity contribution in [3.05, 3.63) is 59.9 Å². The molecule has 7 heteroatoms. The van der Waals surface area contributed by atoms with Crippen LogP contribution in [0.3, 0.4) is 0 Å². The second-order valence-electron chi connectivity index (χ2n) is 6.73. The van der Waals surface area contributed by atoms with Gasteiger partial charge in [0, 0.05) is 31.7 Å². The predicted octanol–water partition coefficient (Wildman–Crippen LogP) is 2.98. The molecule has 0 spiro atoms.